The number of pyridine rings is 1. The van der Waals surface area contributed by atoms with Crippen molar-refractivity contribution in [2.24, 2.45) is 0 Å². The van der Waals surface area contributed by atoms with E-state index in [4.69, 9.17) is 4.74 Å². The molecule has 0 saturated heterocycles. The highest BCUT2D eigenvalue weighted by Crippen LogP contribution is 2.25. The summed E-state index contributed by atoms with van der Waals surface area (Å²) in [6.45, 7) is 3.96. The molecule has 0 aliphatic heterocycles. The Morgan fingerprint density at radius 2 is 1.61 bits per heavy atom. The monoisotopic (exact) mass is 303 g/mol. The predicted molar refractivity (Wildman–Crippen MR) is 90.1 cm³/mol. The molecule has 0 N–H and O–H groups in total. The van der Waals surface area contributed by atoms with Gasteiger partial charge in [-0.3, -0.25) is 4.79 Å². The third kappa shape index (κ3) is 3.46. The van der Waals surface area contributed by atoms with Crippen molar-refractivity contribution in [3.63, 3.8) is 0 Å². The van der Waals surface area contributed by atoms with Gasteiger partial charge in [-0.15, -0.1) is 0 Å². The van der Waals surface area contributed by atoms with Crippen LogP contribution in [0.2, 0.25) is 0 Å². The Morgan fingerprint density at radius 1 is 0.913 bits per heavy atom. The summed E-state index contributed by atoms with van der Waals surface area (Å²) in [7, 11) is 0. The van der Waals surface area contributed by atoms with Crippen molar-refractivity contribution in [3.8, 4) is 11.6 Å². The van der Waals surface area contributed by atoms with E-state index in [9.17, 15) is 4.79 Å². The highest BCUT2D eigenvalue weighted by Gasteiger charge is 2.16. The average Bonchev–Trinajstić information content (AvgIpc) is 2.55. The van der Waals surface area contributed by atoms with E-state index in [1.165, 1.54) is 0 Å². The molecule has 0 bridgehead atoms. The van der Waals surface area contributed by atoms with Crippen LogP contribution in [-0.4, -0.2) is 10.8 Å². The van der Waals surface area contributed by atoms with E-state index in [1.54, 1.807) is 18.3 Å². The van der Waals surface area contributed by atoms with Gasteiger partial charge in [-0.1, -0.05) is 35.4 Å². The lowest BCUT2D eigenvalue weighted by molar-refractivity contribution is 0.103. The van der Waals surface area contributed by atoms with Crippen LogP contribution in [0.3, 0.4) is 0 Å². The van der Waals surface area contributed by atoms with Crippen LogP contribution in [-0.2, 0) is 0 Å². The van der Waals surface area contributed by atoms with Crippen LogP contribution in [0.25, 0.3) is 0 Å². The van der Waals surface area contributed by atoms with Gasteiger partial charge in [-0.05, 0) is 50.2 Å². The number of ketones is 1. The molecule has 0 aliphatic carbocycles. The Labute approximate surface area is 135 Å². The first-order valence-corrected chi connectivity index (χ1v) is 7.44. The van der Waals surface area contributed by atoms with Crippen LogP contribution in [0, 0.1) is 13.8 Å². The second-order valence-electron chi connectivity index (χ2n) is 5.48. The molecule has 114 valence electrons. The molecule has 0 atom stereocenters. The number of ether oxygens (including phenoxy) is 1. The molecule has 3 nitrogen and oxygen atoms in total. The van der Waals surface area contributed by atoms with Gasteiger partial charge < -0.3 is 4.74 Å². The molecule has 0 amide bonds. The summed E-state index contributed by atoms with van der Waals surface area (Å²) in [5.41, 5.74) is 3.22. The maximum atomic E-state index is 12.8. The van der Waals surface area contributed by atoms with Crippen LogP contribution in [0.1, 0.15) is 27.0 Å². The molecule has 1 heterocycles. The van der Waals surface area contributed by atoms with Gasteiger partial charge in [0, 0.05) is 11.8 Å². The number of aryl methyl sites for hydroxylation is 2. The third-order valence-corrected chi connectivity index (χ3v) is 3.46. The fourth-order valence-corrected chi connectivity index (χ4v) is 2.51. The minimum Gasteiger partial charge on any atom is -0.438 e. The number of carbonyl (C=O) groups excluding carboxylic acids is 1. The molecule has 3 heteroatoms. The molecule has 0 aliphatic rings. The molecular formula is C20H17NO2. The van der Waals surface area contributed by atoms with E-state index in [1.807, 2.05) is 62.4 Å². The summed E-state index contributed by atoms with van der Waals surface area (Å²) < 4.78 is 5.78. The SMILES string of the molecule is Cc1cc(C)cc(C(=O)c2cccnc2Oc2ccccc2)c1. The Balaban J connectivity index is 1.98. The largest absolute Gasteiger partial charge is 0.438 e. The summed E-state index contributed by atoms with van der Waals surface area (Å²) in [6.07, 6.45) is 1.62. The molecule has 1 aromatic heterocycles. The summed E-state index contributed by atoms with van der Waals surface area (Å²) in [5.74, 6) is 0.888. The second kappa shape index (κ2) is 6.44. The molecule has 0 radical (unpaired) electrons. The van der Waals surface area contributed by atoms with Gasteiger partial charge in [-0.25, -0.2) is 4.98 Å². The van der Waals surface area contributed by atoms with Crippen LogP contribution in [0.4, 0.5) is 0 Å². The van der Waals surface area contributed by atoms with Crippen molar-refractivity contribution in [1.82, 2.24) is 4.98 Å². The summed E-state index contributed by atoms with van der Waals surface area (Å²) in [4.78, 5) is 17.1. The van der Waals surface area contributed by atoms with E-state index in [0.29, 0.717) is 22.8 Å². The Morgan fingerprint density at radius 3 is 2.30 bits per heavy atom. The fraction of sp³-hybridized carbons (Fsp3) is 0.100. The van der Waals surface area contributed by atoms with E-state index >= 15 is 0 Å². The highest BCUT2D eigenvalue weighted by molar-refractivity contribution is 6.10. The third-order valence-electron chi connectivity index (χ3n) is 3.46. The van der Waals surface area contributed by atoms with Crippen molar-refractivity contribution < 1.29 is 9.53 Å². The normalized spacial score (nSPS) is 10.3. The molecule has 3 aromatic rings. The van der Waals surface area contributed by atoms with E-state index in [0.717, 1.165) is 11.1 Å². The van der Waals surface area contributed by atoms with E-state index < -0.39 is 0 Å². The number of para-hydroxylation sites is 1. The van der Waals surface area contributed by atoms with Crippen molar-refractivity contribution >= 4 is 5.78 Å². The van der Waals surface area contributed by atoms with E-state index in [2.05, 4.69) is 4.98 Å². The number of benzene rings is 2. The lowest BCUT2D eigenvalue weighted by Gasteiger charge is -2.10. The second-order valence-corrected chi connectivity index (χ2v) is 5.48. The first-order chi connectivity index (χ1) is 11.1. The molecule has 0 saturated carbocycles. The Hall–Kier alpha value is -2.94. The first kappa shape index (κ1) is 15.0. The minimum atomic E-state index is -0.0872. The van der Waals surface area contributed by atoms with E-state index in [-0.39, 0.29) is 5.78 Å². The highest BCUT2D eigenvalue weighted by atomic mass is 16.5. The van der Waals surface area contributed by atoms with Gasteiger partial charge in [0.1, 0.15) is 5.75 Å². The molecule has 2 aromatic carbocycles. The maximum absolute atomic E-state index is 12.8. The maximum Gasteiger partial charge on any atom is 0.230 e. The minimum absolute atomic E-state index is 0.0872. The lowest BCUT2D eigenvalue weighted by atomic mass is 10.00. The molecule has 0 spiro atoms. The van der Waals surface area contributed by atoms with Crippen LogP contribution < -0.4 is 4.74 Å². The molecule has 23 heavy (non-hydrogen) atoms. The fourth-order valence-electron chi connectivity index (χ4n) is 2.51. The zero-order chi connectivity index (χ0) is 16.2. The van der Waals surface area contributed by atoms with Crippen molar-refractivity contribution in [3.05, 3.63) is 89.1 Å². The summed E-state index contributed by atoms with van der Waals surface area (Å²) in [6, 6.07) is 18.6. The molecular weight excluding hydrogens is 286 g/mol. The van der Waals surface area contributed by atoms with Crippen molar-refractivity contribution in [2.75, 3.05) is 0 Å². The van der Waals surface area contributed by atoms with Gasteiger partial charge in [0.15, 0.2) is 5.78 Å². The quantitative estimate of drug-likeness (QED) is 0.655. The number of nitrogens with zero attached hydrogens (tertiary/aromatic N) is 1. The average molecular weight is 303 g/mol. The van der Waals surface area contributed by atoms with Gasteiger partial charge in [0.05, 0.1) is 5.56 Å². The molecule has 0 fully saturated rings. The molecule has 0 unspecified atom stereocenters. The zero-order valence-corrected chi connectivity index (χ0v) is 13.1. The standard InChI is InChI=1S/C20H17NO2/c1-14-11-15(2)13-16(12-14)19(22)18-9-6-10-21-20(18)23-17-7-4-3-5-8-17/h3-13H,1-2H3. The number of carbonyl (C=O) groups is 1. The number of aromatic nitrogens is 1. The number of rotatable bonds is 4. The first-order valence-electron chi connectivity index (χ1n) is 7.44. The van der Waals surface area contributed by atoms with Gasteiger partial charge >= 0.3 is 0 Å². The van der Waals surface area contributed by atoms with Gasteiger partial charge in [0.25, 0.3) is 0 Å². The topological polar surface area (TPSA) is 39.2 Å². The predicted octanol–water partition coefficient (Wildman–Crippen LogP) is 4.72. The lowest BCUT2D eigenvalue weighted by Crippen LogP contribution is -2.05. The van der Waals surface area contributed by atoms with Crippen LogP contribution >= 0.6 is 0 Å². The number of hydrogen-bond acceptors (Lipinski definition) is 3. The van der Waals surface area contributed by atoms with Crippen molar-refractivity contribution in [2.45, 2.75) is 13.8 Å². The summed E-state index contributed by atoms with van der Waals surface area (Å²) >= 11 is 0. The summed E-state index contributed by atoms with van der Waals surface area (Å²) in [5, 5.41) is 0. The Bertz CT molecular complexity index is 821. The van der Waals surface area contributed by atoms with Gasteiger partial charge in [0.2, 0.25) is 5.88 Å². The Kier molecular flexibility index (Phi) is 4.20. The van der Waals surface area contributed by atoms with Gasteiger partial charge in [-0.2, -0.15) is 0 Å². The zero-order valence-electron chi connectivity index (χ0n) is 13.1. The molecule has 3 rings (SSSR count). The van der Waals surface area contributed by atoms with Crippen LogP contribution in [0.5, 0.6) is 11.6 Å². The number of hydrogen-bond donors (Lipinski definition) is 0. The van der Waals surface area contributed by atoms with Crippen molar-refractivity contribution in [1.29, 1.82) is 0 Å². The smallest absolute Gasteiger partial charge is 0.230 e. The van der Waals surface area contributed by atoms with Crippen LogP contribution in [0.15, 0.2) is 66.9 Å².